The number of nitrogens with one attached hydrogen (secondary N) is 1. The molecule has 2 aromatic carbocycles. The van der Waals surface area contributed by atoms with Crippen LogP contribution >= 0.6 is 0 Å². The fourth-order valence-corrected chi connectivity index (χ4v) is 2.01. The van der Waals surface area contributed by atoms with Crippen LogP contribution in [-0.4, -0.2) is 19.0 Å². The van der Waals surface area contributed by atoms with Gasteiger partial charge in [-0.2, -0.15) is 0 Å². The summed E-state index contributed by atoms with van der Waals surface area (Å²) in [6.07, 6.45) is 4.15. The quantitative estimate of drug-likeness (QED) is 0.542. The van der Waals surface area contributed by atoms with Crippen molar-refractivity contribution in [1.82, 2.24) is 0 Å². The molecular formula is C18H20N4O. The van der Waals surface area contributed by atoms with Crippen LogP contribution in [0.2, 0.25) is 0 Å². The Bertz CT molecular complexity index is 678. The molecule has 0 saturated carbocycles. The molecule has 0 aliphatic rings. The van der Waals surface area contributed by atoms with Crippen molar-refractivity contribution in [2.45, 2.75) is 5.92 Å². The molecule has 0 aromatic heterocycles. The van der Waals surface area contributed by atoms with E-state index in [4.69, 9.17) is 21.6 Å². The third-order valence-electron chi connectivity index (χ3n) is 3.26. The van der Waals surface area contributed by atoms with Gasteiger partial charge in [0.2, 0.25) is 0 Å². The molecule has 5 heteroatoms. The summed E-state index contributed by atoms with van der Waals surface area (Å²) in [6, 6.07) is 17.3. The molecule has 0 spiro atoms. The third kappa shape index (κ3) is 4.79. The van der Waals surface area contributed by atoms with Crippen LogP contribution in [0.1, 0.15) is 11.5 Å². The van der Waals surface area contributed by atoms with Gasteiger partial charge in [-0.1, -0.05) is 30.3 Å². The van der Waals surface area contributed by atoms with E-state index in [9.17, 15) is 0 Å². The van der Waals surface area contributed by atoms with Gasteiger partial charge >= 0.3 is 0 Å². The molecule has 0 heterocycles. The second-order valence-electron chi connectivity index (χ2n) is 4.84. The van der Waals surface area contributed by atoms with E-state index in [1.165, 1.54) is 6.20 Å². The molecule has 0 radical (unpaired) electrons. The van der Waals surface area contributed by atoms with Gasteiger partial charge < -0.3 is 21.6 Å². The summed E-state index contributed by atoms with van der Waals surface area (Å²) in [4.78, 5) is 4.47. The van der Waals surface area contributed by atoms with Crippen LogP contribution in [0.15, 0.2) is 71.5 Å². The van der Waals surface area contributed by atoms with Crippen molar-refractivity contribution < 1.29 is 4.74 Å². The first kappa shape index (κ1) is 16.5. The average molecular weight is 308 g/mol. The lowest BCUT2D eigenvalue weighted by molar-refractivity contribution is 0.455. The maximum atomic E-state index is 7.13. The second-order valence-corrected chi connectivity index (χ2v) is 4.84. The highest BCUT2D eigenvalue weighted by atomic mass is 16.5. The Labute approximate surface area is 135 Å². The average Bonchev–Trinajstić information content (AvgIpc) is 2.62. The molecule has 0 bridgehead atoms. The molecule has 5 nitrogen and oxygen atoms in total. The molecule has 23 heavy (non-hydrogen) atoms. The normalized spacial score (nSPS) is 13.0. The maximum Gasteiger partial charge on any atom is 0.160 e. The van der Waals surface area contributed by atoms with Crippen molar-refractivity contribution in [3.8, 4) is 5.75 Å². The molecule has 0 saturated heterocycles. The third-order valence-corrected chi connectivity index (χ3v) is 3.26. The Balaban J connectivity index is 2.06. The lowest BCUT2D eigenvalue weighted by Gasteiger charge is -2.09. The number of aliphatic imine (C=N–C) groups is 1. The van der Waals surface area contributed by atoms with Gasteiger partial charge in [-0.3, -0.25) is 4.99 Å². The predicted octanol–water partition coefficient (Wildman–Crippen LogP) is 2.96. The lowest BCUT2D eigenvalue weighted by Crippen LogP contribution is -2.13. The number of hydrogen-bond donors (Lipinski definition) is 3. The molecule has 0 fully saturated rings. The summed E-state index contributed by atoms with van der Waals surface area (Å²) in [6.45, 7) is 0.499. The number of nitrogens with zero attached hydrogens (tertiary/aromatic N) is 1. The highest BCUT2D eigenvalue weighted by molar-refractivity contribution is 5.74. The Morgan fingerprint density at radius 1 is 1.13 bits per heavy atom. The standard InChI is InChI=1S/C18H20N4O/c19-10-15(14-4-2-1-3-5-14)13-22-16-6-8-17(9-7-16)23-18(11-20)12-21/h1-9,11-13,15,20H,10,19,21H2/b18-12+,20-11?,22-13+. The fourth-order valence-electron chi connectivity index (χ4n) is 2.01. The molecule has 2 rings (SSSR count). The zero-order valence-corrected chi connectivity index (χ0v) is 12.7. The van der Waals surface area contributed by atoms with Crippen LogP contribution in [-0.2, 0) is 0 Å². The van der Waals surface area contributed by atoms with Gasteiger partial charge in [-0.15, -0.1) is 0 Å². The first-order valence-electron chi connectivity index (χ1n) is 7.26. The zero-order valence-electron chi connectivity index (χ0n) is 12.7. The molecule has 1 unspecified atom stereocenters. The van der Waals surface area contributed by atoms with E-state index in [0.29, 0.717) is 12.3 Å². The van der Waals surface area contributed by atoms with Crippen molar-refractivity contribution in [1.29, 1.82) is 5.41 Å². The topological polar surface area (TPSA) is 97.5 Å². The number of nitrogens with two attached hydrogens (primary N) is 2. The first-order chi connectivity index (χ1) is 11.3. The Kier molecular flexibility index (Phi) is 6.08. The highest BCUT2D eigenvalue weighted by Gasteiger charge is 2.05. The summed E-state index contributed by atoms with van der Waals surface area (Å²) >= 11 is 0. The van der Waals surface area contributed by atoms with Crippen molar-refractivity contribution in [2.24, 2.45) is 16.5 Å². The lowest BCUT2D eigenvalue weighted by atomic mass is 10.0. The van der Waals surface area contributed by atoms with Crippen molar-refractivity contribution >= 4 is 18.1 Å². The number of hydrogen-bond acceptors (Lipinski definition) is 5. The minimum absolute atomic E-state index is 0.0804. The van der Waals surface area contributed by atoms with Gasteiger partial charge in [0.05, 0.1) is 11.9 Å². The number of benzene rings is 2. The summed E-state index contributed by atoms with van der Waals surface area (Å²) in [5, 5.41) is 7.13. The van der Waals surface area contributed by atoms with Gasteiger partial charge in [-0.25, -0.2) is 0 Å². The van der Waals surface area contributed by atoms with Crippen LogP contribution < -0.4 is 16.2 Å². The van der Waals surface area contributed by atoms with Gasteiger partial charge in [0.15, 0.2) is 5.76 Å². The first-order valence-corrected chi connectivity index (χ1v) is 7.26. The van der Waals surface area contributed by atoms with Gasteiger partial charge in [0.25, 0.3) is 0 Å². The number of ether oxygens (including phenoxy) is 1. The van der Waals surface area contributed by atoms with Crippen LogP contribution in [0.4, 0.5) is 5.69 Å². The van der Waals surface area contributed by atoms with Crippen molar-refractivity contribution in [3.63, 3.8) is 0 Å². The van der Waals surface area contributed by atoms with E-state index >= 15 is 0 Å². The molecule has 0 amide bonds. The van der Waals surface area contributed by atoms with Gasteiger partial charge in [0.1, 0.15) is 5.75 Å². The van der Waals surface area contributed by atoms with Crippen molar-refractivity contribution in [3.05, 3.63) is 72.1 Å². The fraction of sp³-hybridized carbons (Fsp3) is 0.111. The van der Waals surface area contributed by atoms with Crippen LogP contribution in [0.3, 0.4) is 0 Å². The van der Waals surface area contributed by atoms with E-state index in [2.05, 4.69) is 4.99 Å². The van der Waals surface area contributed by atoms with Gasteiger partial charge in [0, 0.05) is 24.9 Å². The minimum atomic E-state index is 0.0804. The van der Waals surface area contributed by atoms with E-state index in [1.807, 2.05) is 48.7 Å². The molecule has 0 aliphatic heterocycles. The predicted molar refractivity (Wildman–Crippen MR) is 94.5 cm³/mol. The second kappa shape index (κ2) is 8.51. The Hall–Kier alpha value is -2.92. The molecule has 118 valence electrons. The molecule has 0 aliphatic carbocycles. The van der Waals surface area contributed by atoms with Gasteiger partial charge in [-0.05, 0) is 29.8 Å². The number of rotatable bonds is 7. The van der Waals surface area contributed by atoms with E-state index in [-0.39, 0.29) is 11.7 Å². The SMILES string of the molecule is N=C/C(=C\N)Oc1ccc(/N=C/C(CN)c2ccccc2)cc1. The van der Waals surface area contributed by atoms with E-state index in [0.717, 1.165) is 17.5 Å². The Morgan fingerprint density at radius 2 is 1.83 bits per heavy atom. The largest absolute Gasteiger partial charge is 0.454 e. The van der Waals surface area contributed by atoms with E-state index < -0.39 is 0 Å². The summed E-state index contributed by atoms with van der Waals surface area (Å²) < 4.78 is 5.41. The number of allylic oxidation sites excluding steroid dienone is 1. The van der Waals surface area contributed by atoms with Crippen LogP contribution in [0.5, 0.6) is 5.75 Å². The highest BCUT2D eigenvalue weighted by Crippen LogP contribution is 2.20. The molecule has 1 atom stereocenters. The minimum Gasteiger partial charge on any atom is -0.454 e. The van der Waals surface area contributed by atoms with Crippen LogP contribution in [0, 0.1) is 5.41 Å². The summed E-state index contributed by atoms with van der Waals surface area (Å²) in [7, 11) is 0. The van der Waals surface area contributed by atoms with Crippen LogP contribution in [0.25, 0.3) is 0 Å². The molecule has 2 aromatic rings. The Morgan fingerprint density at radius 3 is 2.39 bits per heavy atom. The molecular weight excluding hydrogens is 288 g/mol. The zero-order chi connectivity index (χ0) is 16.5. The summed E-state index contributed by atoms with van der Waals surface area (Å²) in [5.74, 6) is 0.966. The smallest absolute Gasteiger partial charge is 0.160 e. The van der Waals surface area contributed by atoms with Crippen molar-refractivity contribution in [2.75, 3.05) is 6.54 Å². The van der Waals surface area contributed by atoms with E-state index in [1.54, 1.807) is 12.1 Å². The monoisotopic (exact) mass is 308 g/mol. The maximum absolute atomic E-state index is 7.13. The summed E-state index contributed by atoms with van der Waals surface area (Å²) in [5.41, 5.74) is 13.1. The molecule has 5 N–H and O–H groups in total.